The molecular formula is C15H12N2O2. The van der Waals surface area contributed by atoms with Gasteiger partial charge in [0.15, 0.2) is 11.5 Å². The van der Waals surface area contributed by atoms with E-state index in [0.29, 0.717) is 5.75 Å². The molecule has 0 fully saturated rings. The fraction of sp³-hybridized carbons (Fsp3) is 0.133. The van der Waals surface area contributed by atoms with Crippen molar-refractivity contribution in [3.8, 4) is 17.6 Å². The molecule has 0 aromatic heterocycles. The minimum atomic E-state index is -0.420. The molecule has 0 amide bonds. The van der Waals surface area contributed by atoms with Crippen molar-refractivity contribution in [3.05, 3.63) is 54.1 Å². The van der Waals surface area contributed by atoms with Gasteiger partial charge in [0.1, 0.15) is 6.04 Å². The van der Waals surface area contributed by atoms with E-state index >= 15 is 0 Å². The number of nitriles is 1. The van der Waals surface area contributed by atoms with Crippen molar-refractivity contribution in [3.63, 3.8) is 0 Å². The highest BCUT2D eigenvalue weighted by Crippen LogP contribution is 2.34. The zero-order valence-corrected chi connectivity index (χ0v) is 10.2. The predicted octanol–water partition coefficient (Wildman–Crippen LogP) is 3.09. The predicted molar refractivity (Wildman–Crippen MR) is 71.0 cm³/mol. The van der Waals surface area contributed by atoms with Crippen molar-refractivity contribution in [1.29, 1.82) is 5.26 Å². The van der Waals surface area contributed by atoms with Crippen LogP contribution < -0.4 is 14.8 Å². The maximum Gasteiger partial charge on any atom is 0.231 e. The molecule has 1 atom stereocenters. The van der Waals surface area contributed by atoms with E-state index in [2.05, 4.69) is 11.4 Å². The maximum atomic E-state index is 9.30. The summed E-state index contributed by atoms with van der Waals surface area (Å²) in [6.45, 7) is 0.238. The maximum absolute atomic E-state index is 9.30. The quantitative estimate of drug-likeness (QED) is 0.912. The Hall–Kier alpha value is -2.67. The van der Waals surface area contributed by atoms with Crippen molar-refractivity contribution < 1.29 is 9.47 Å². The van der Waals surface area contributed by atoms with Crippen LogP contribution in [0.4, 0.5) is 5.69 Å². The van der Waals surface area contributed by atoms with Crippen LogP contribution in [-0.2, 0) is 0 Å². The van der Waals surface area contributed by atoms with E-state index in [4.69, 9.17) is 9.47 Å². The number of nitrogens with one attached hydrogen (secondary N) is 1. The number of fused-ring (bicyclic) bond motifs is 1. The molecule has 1 aliphatic heterocycles. The van der Waals surface area contributed by atoms with Crippen LogP contribution in [0.1, 0.15) is 11.6 Å². The Morgan fingerprint density at radius 1 is 1.05 bits per heavy atom. The molecular weight excluding hydrogens is 240 g/mol. The minimum Gasteiger partial charge on any atom is -0.454 e. The molecule has 0 saturated carbocycles. The number of para-hydroxylation sites is 1. The van der Waals surface area contributed by atoms with Crippen molar-refractivity contribution in [2.24, 2.45) is 0 Å². The Kier molecular flexibility index (Phi) is 2.95. The van der Waals surface area contributed by atoms with Gasteiger partial charge in [0, 0.05) is 5.69 Å². The lowest BCUT2D eigenvalue weighted by Gasteiger charge is -2.13. The Labute approximate surface area is 111 Å². The monoisotopic (exact) mass is 252 g/mol. The first kappa shape index (κ1) is 11.4. The first-order valence-corrected chi connectivity index (χ1v) is 5.97. The van der Waals surface area contributed by atoms with E-state index in [0.717, 1.165) is 17.0 Å². The van der Waals surface area contributed by atoms with Crippen LogP contribution in [0.2, 0.25) is 0 Å². The van der Waals surface area contributed by atoms with E-state index in [-0.39, 0.29) is 6.79 Å². The molecule has 0 spiro atoms. The average molecular weight is 252 g/mol. The molecule has 1 heterocycles. The number of hydrogen-bond acceptors (Lipinski definition) is 4. The Balaban J connectivity index is 1.85. The van der Waals surface area contributed by atoms with Gasteiger partial charge in [-0.1, -0.05) is 24.3 Å². The summed E-state index contributed by atoms with van der Waals surface area (Å²) in [5, 5.41) is 12.5. The smallest absolute Gasteiger partial charge is 0.231 e. The van der Waals surface area contributed by atoms with Crippen molar-refractivity contribution in [2.75, 3.05) is 12.1 Å². The van der Waals surface area contributed by atoms with Crippen LogP contribution in [-0.4, -0.2) is 6.79 Å². The summed E-state index contributed by atoms with van der Waals surface area (Å²) in [5.41, 5.74) is 1.77. The molecule has 1 aliphatic rings. The highest BCUT2D eigenvalue weighted by Gasteiger charge is 2.17. The SMILES string of the molecule is N#CC(Nc1ccccc1)c1ccc2c(c1)OCO2. The van der Waals surface area contributed by atoms with Gasteiger partial charge in [0.2, 0.25) is 6.79 Å². The van der Waals surface area contributed by atoms with E-state index < -0.39 is 6.04 Å². The summed E-state index contributed by atoms with van der Waals surface area (Å²) in [7, 11) is 0. The zero-order valence-electron chi connectivity index (χ0n) is 10.2. The van der Waals surface area contributed by atoms with Crippen LogP contribution in [0.5, 0.6) is 11.5 Å². The van der Waals surface area contributed by atoms with Crippen molar-refractivity contribution >= 4 is 5.69 Å². The molecule has 0 bridgehead atoms. The summed E-state index contributed by atoms with van der Waals surface area (Å²) >= 11 is 0. The normalized spacial score (nSPS) is 13.6. The molecule has 0 aliphatic carbocycles. The molecule has 3 rings (SSSR count). The highest BCUT2D eigenvalue weighted by atomic mass is 16.7. The summed E-state index contributed by atoms with van der Waals surface area (Å²) in [4.78, 5) is 0. The molecule has 4 heteroatoms. The largest absolute Gasteiger partial charge is 0.454 e. The topological polar surface area (TPSA) is 54.3 Å². The van der Waals surface area contributed by atoms with Gasteiger partial charge < -0.3 is 14.8 Å². The third kappa shape index (κ3) is 2.31. The second-order valence-electron chi connectivity index (χ2n) is 4.19. The van der Waals surface area contributed by atoms with Gasteiger partial charge in [-0.05, 0) is 29.8 Å². The lowest BCUT2D eigenvalue weighted by Crippen LogP contribution is -2.08. The summed E-state index contributed by atoms with van der Waals surface area (Å²) < 4.78 is 10.6. The van der Waals surface area contributed by atoms with Crippen molar-refractivity contribution in [1.82, 2.24) is 0 Å². The Morgan fingerprint density at radius 3 is 2.63 bits per heavy atom. The minimum absolute atomic E-state index is 0.238. The molecule has 19 heavy (non-hydrogen) atoms. The fourth-order valence-electron chi connectivity index (χ4n) is 1.98. The Morgan fingerprint density at radius 2 is 1.84 bits per heavy atom. The molecule has 1 N–H and O–H groups in total. The van der Waals surface area contributed by atoms with Crippen LogP contribution in [0.3, 0.4) is 0 Å². The van der Waals surface area contributed by atoms with Crippen molar-refractivity contribution in [2.45, 2.75) is 6.04 Å². The van der Waals surface area contributed by atoms with E-state index in [1.165, 1.54) is 0 Å². The van der Waals surface area contributed by atoms with Gasteiger partial charge in [0.25, 0.3) is 0 Å². The Bertz CT molecular complexity index is 620. The number of rotatable bonds is 3. The first-order valence-electron chi connectivity index (χ1n) is 5.97. The summed E-state index contributed by atoms with van der Waals surface area (Å²) in [6, 6.07) is 17.0. The number of anilines is 1. The van der Waals surface area contributed by atoms with Gasteiger partial charge in [-0.15, -0.1) is 0 Å². The highest BCUT2D eigenvalue weighted by molar-refractivity contribution is 5.51. The number of hydrogen-bond donors (Lipinski definition) is 1. The van der Waals surface area contributed by atoms with E-state index in [1.54, 1.807) is 0 Å². The molecule has 2 aromatic carbocycles. The van der Waals surface area contributed by atoms with Gasteiger partial charge in [-0.25, -0.2) is 0 Å². The molecule has 4 nitrogen and oxygen atoms in total. The molecule has 94 valence electrons. The van der Waals surface area contributed by atoms with Gasteiger partial charge in [-0.2, -0.15) is 5.26 Å². The third-order valence-corrected chi connectivity index (χ3v) is 2.94. The first-order chi connectivity index (χ1) is 9.36. The molecule has 0 radical (unpaired) electrons. The van der Waals surface area contributed by atoms with Crippen LogP contribution in [0.25, 0.3) is 0 Å². The lowest BCUT2D eigenvalue weighted by molar-refractivity contribution is 0.174. The molecule has 0 saturated heterocycles. The van der Waals surface area contributed by atoms with E-state index in [1.807, 2.05) is 48.5 Å². The average Bonchev–Trinajstić information content (AvgIpc) is 2.93. The van der Waals surface area contributed by atoms with Gasteiger partial charge >= 0.3 is 0 Å². The standard InChI is InChI=1S/C15H12N2O2/c16-9-13(17-12-4-2-1-3-5-12)11-6-7-14-15(8-11)19-10-18-14/h1-8,13,17H,10H2. The molecule has 1 unspecified atom stereocenters. The van der Waals surface area contributed by atoms with Gasteiger partial charge in [-0.3, -0.25) is 0 Å². The molecule has 2 aromatic rings. The second-order valence-corrected chi connectivity index (χ2v) is 4.19. The number of ether oxygens (including phenoxy) is 2. The lowest BCUT2D eigenvalue weighted by atomic mass is 10.1. The van der Waals surface area contributed by atoms with Crippen LogP contribution in [0, 0.1) is 11.3 Å². The van der Waals surface area contributed by atoms with Crippen LogP contribution in [0.15, 0.2) is 48.5 Å². The zero-order chi connectivity index (χ0) is 13.1. The van der Waals surface area contributed by atoms with Gasteiger partial charge in [0.05, 0.1) is 6.07 Å². The number of benzene rings is 2. The number of nitrogens with zero attached hydrogens (tertiary/aromatic N) is 1. The van der Waals surface area contributed by atoms with E-state index in [9.17, 15) is 5.26 Å². The fourth-order valence-corrected chi connectivity index (χ4v) is 1.98. The summed E-state index contributed by atoms with van der Waals surface area (Å²) in [5.74, 6) is 1.41. The third-order valence-electron chi connectivity index (χ3n) is 2.94. The summed E-state index contributed by atoms with van der Waals surface area (Å²) in [6.07, 6.45) is 0. The second kappa shape index (κ2) is 4.91. The van der Waals surface area contributed by atoms with Crippen LogP contribution >= 0.6 is 0 Å².